The molecule has 0 fully saturated rings. The molecule has 0 unspecified atom stereocenters. The average Bonchev–Trinajstić information content (AvgIpc) is 2.15. The molecule has 15 heavy (non-hydrogen) atoms. The van der Waals surface area contributed by atoms with Crippen molar-refractivity contribution in [1.82, 2.24) is 4.98 Å². The first-order valence-electron chi connectivity index (χ1n) is 4.76. The monoisotopic (exact) mass is 224 g/mol. The predicted molar refractivity (Wildman–Crippen MR) is 62.9 cm³/mol. The SMILES string of the molecule is CN(c1cccnc1C(=O)O)[Si](C)(C)C. The zero-order valence-electron chi connectivity index (χ0n) is 9.48. The van der Waals surface area contributed by atoms with E-state index >= 15 is 0 Å². The van der Waals surface area contributed by atoms with E-state index in [0.717, 1.165) is 0 Å². The van der Waals surface area contributed by atoms with E-state index in [2.05, 4.69) is 24.6 Å². The van der Waals surface area contributed by atoms with Gasteiger partial charge < -0.3 is 9.67 Å². The van der Waals surface area contributed by atoms with Gasteiger partial charge in [-0.05, 0) is 19.2 Å². The summed E-state index contributed by atoms with van der Waals surface area (Å²) in [4.78, 5) is 14.9. The predicted octanol–water partition coefficient (Wildman–Crippen LogP) is 2.05. The van der Waals surface area contributed by atoms with E-state index < -0.39 is 14.2 Å². The highest BCUT2D eigenvalue weighted by molar-refractivity contribution is 6.79. The highest BCUT2D eigenvalue weighted by atomic mass is 28.3. The molecule has 0 aliphatic heterocycles. The number of rotatable bonds is 3. The number of hydrogen-bond acceptors (Lipinski definition) is 3. The lowest BCUT2D eigenvalue weighted by Crippen LogP contribution is -2.44. The Bertz CT molecular complexity index is 374. The van der Waals surface area contributed by atoms with Gasteiger partial charge in [-0.2, -0.15) is 0 Å². The van der Waals surface area contributed by atoms with Crippen LogP contribution in [0.4, 0.5) is 5.69 Å². The molecule has 0 saturated carbocycles. The normalized spacial score (nSPS) is 11.2. The van der Waals surface area contributed by atoms with Gasteiger partial charge in [-0.3, -0.25) is 0 Å². The number of hydrogen-bond donors (Lipinski definition) is 1. The first-order chi connectivity index (χ1) is 6.84. The Morgan fingerprint density at radius 2 is 2.07 bits per heavy atom. The fraction of sp³-hybridized carbons (Fsp3) is 0.400. The van der Waals surface area contributed by atoms with Crippen LogP contribution in [0.5, 0.6) is 0 Å². The van der Waals surface area contributed by atoms with E-state index in [-0.39, 0.29) is 5.69 Å². The fourth-order valence-corrected chi connectivity index (χ4v) is 2.10. The van der Waals surface area contributed by atoms with E-state index in [0.29, 0.717) is 5.69 Å². The van der Waals surface area contributed by atoms with Gasteiger partial charge >= 0.3 is 5.97 Å². The van der Waals surface area contributed by atoms with Crippen molar-refractivity contribution in [3.63, 3.8) is 0 Å². The Labute approximate surface area is 90.7 Å². The zero-order valence-corrected chi connectivity index (χ0v) is 10.5. The molecular weight excluding hydrogens is 208 g/mol. The molecule has 1 heterocycles. The van der Waals surface area contributed by atoms with Gasteiger partial charge in [0.05, 0.1) is 5.69 Å². The maximum absolute atomic E-state index is 11.0. The van der Waals surface area contributed by atoms with Gasteiger partial charge in [0.25, 0.3) is 0 Å². The fourth-order valence-electron chi connectivity index (χ4n) is 1.19. The molecule has 0 aromatic carbocycles. The third-order valence-electron chi connectivity index (χ3n) is 2.36. The maximum Gasteiger partial charge on any atom is 0.356 e. The molecule has 0 aliphatic carbocycles. The molecule has 1 N–H and O–H groups in total. The van der Waals surface area contributed by atoms with Crippen molar-refractivity contribution in [1.29, 1.82) is 0 Å². The van der Waals surface area contributed by atoms with E-state index in [1.807, 2.05) is 11.6 Å². The summed E-state index contributed by atoms with van der Waals surface area (Å²) in [7, 11) is 0.378. The zero-order chi connectivity index (χ0) is 11.6. The molecule has 1 aromatic heterocycles. The molecule has 0 bridgehead atoms. The maximum atomic E-state index is 11.0. The van der Waals surface area contributed by atoms with Gasteiger partial charge in [-0.15, -0.1) is 0 Å². The minimum Gasteiger partial charge on any atom is -0.476 e. The van der Waals surface area contributed by atoms with E-state index in [1.54, 1.807) is 12.1 Å². The summed E-state index contributed by atoms with van der Waals surface area (Å²) in [6, 6.07) is 3.56. The number of nitrogens with zero attached hydrogens (tertiary/aromatic N) is 2. The van der Waals surface area contributed by atoms with Crippen LogP contribution in [0.1, 0.15) is 10.5 Å². The van der Waals surface area contributed by atoms with Crippen molar-refractivity contribution < 1.29 is 9.90 Å². The molecule has 0 saturated heterocycles. The van der Waals surface area contributed by atoms with Gasteiger partial charge in [0, 0.05) is 6.20 Å². The first kappa shape index (κ1) is 11.7. The lowest BCUT2D eigenvalue weighted by molar-refractivity contribution is 0.0691. The van der Waals surface area contributed by atoms with Crippen LogP contribution in [0.25, 0.3) is 0 Å². The van der Waals surface area contributed by atoms with Crippen LogP contribution in [0.15, 0.2) is 18.3 Å². The highest BCUT2D eigenvalue weighted by Gasteiger charge is 2.24. The van der Waals surface area contributed by atoms with Crippen molar-refractivity contribution in [2.75, 3.05) is 11.6 Å². The van der Waals surface area contributed by atoms with Crippen molar-refractivity contribution in [3.05, 3.63) is 24.0 Å². The number of carboxylic acid groups (broad SMARTS) is 1. The summed E-state index contributed by atoms with van der Waals surface area (Å²) >= 11 is 0. The molecule has 82 valence electrons. The second-order valence-corrected chi connectivity index (χ2v) is 9.42. The summed E-state index contributed by atoms with van der Waals surface area (Å²) < 4.78 is 2.05. The number of aromatic nitrogens is 1. The number of pyridine rings is 1. The molecular formula is C10H16N2O2Si. The largest absolute Gasteiger partial charge is 0.476 e. The summed E-state index contributed by atoms with van der Waals surface area (Å²) in [5.74, 6) is -0.976. The second kappa shape index (κ2) is 4.02. The van der Waals surface area contributed by atoms with E-state index in [1.165, 1.54) is 6.20 Å². The summed E-state index contributed by atoms with van der Waals surface area (Å²) in [6.45, 7) is 6.48. The highest BCUT2D eigenvalue weighted by Crippen LogP contribution is 2.22. The molecule has 0 spiro atoms. The minimum absolute atomic E-state index is 0.127. The third kappa shape index (κ3) is 2.56. The lowest BCUT2D eigenvalue weighted by atomic mass is 10.3. The summed E-state index contributed by atoms with van der Waals surface area (Å²) in [5.41, 5.74) is 0.826. The quantitative estimate of drug-likeness (QED) is 0.798. The number of carboxylic acids is 1. The van der Waals surface area contributed by atoms with Crippen molar-refractivity contribution in [2.45, 2.75) is 19.6 Å². The Balaban J connectivity index is 3.19. The van der Waals surface area contributed by atoms with Gasteiger partial charge in [-0.25, -0.2) is 9.78 Å². The Hall–Kier alpha value is -1.36. The topological polar surface area (TPSA) is 53.4 Å². The number of anilines is 1. The molecule has 0 radical (unpaired) electrons. The molecule has 5 heteroatoms. The van der Waals surface area contributed by atoms with Gasteiger partial charge in [0.2, 0.25) is 0 Å². The summed E-state index contributed by atoms with van der Waals surface area (Å²) in [5, 5.41) is 9.01. The van der Waals surface area contributed by atoms with Crippen LogP contribution in [0.2, 0.25) is 19.6 Å². The lowest BCUT2D eigenvalue weighted by Gasteiger charge is -2.32. The molecule has 0 amide bonds. The van der Waals surface area contributed by atoms with Gasteiger partial charge in [0.1, 0.15) is 8.24 Å². The van der Waals surface area contributed by atoms with Crippen LogP contribution >= 0.6 is 0 Å². The van der Waals surface area contributed by atoms with Crippen LogP contribution in [-0.4, -0.2) is 31.3 Å². The third-order valence-corrected chi connectivity index (χ3v) is 4.61. The van der Waals surface area contributed by atoms with Crippen LogP contribution in [0, 0.1) is 0 Å². The van der Waals surface area contributed by atoms with Crippen LogP contribution in [0.3, 0.4) is 0 Å². The van der Waals surface area contributed by atoms with Gasteiger partial charge in [-0.1, -0.05) is 19.6 Å². The van der Waals surface area contributed by atoms with E-state index in [9.17, 15) is 4.79 Å². The average molecular weight is 224 g/mol. The Morgan fingerprint density at radius 3 is 2.53 bits per heavy atom. The standard InChI is InChI=1S/C10H16N2O2Si/c1-12(15(2,3)4)8-6-5-7-11-9(8)10(13)14/h5-7H,1-4H3,(H,13,14). The number of aromatic carboxylic acids is 1. The van der Waals surface area contributed by atoms with Crippen molar-refractivity contribution in [3.8, 4) is 0 Å². The van der Waals surface area contributed by atoms with Crippen LogP contribution in [-0.2, 0) is 0 Å². The molecule has 1 aromatic rings. The van der Waals surface area contributed by atoms with Crippen molar-refractivity contribution >= 4 is 19.9 Å². The molecule has 1 rings (SSSR count). The van der Waals surface area contributed by atoms with E-state index in [4.69, 9.17) is 5.11 Å². The molecule has 0 aliphatic rings. The smallest absolute Gasteiger partial charge is 0.356 e. The number of carbonyl (C=O) groups is 1. The molecule has 0 atom stereocenters. The van der Waals surface area contributed by atoms with Crippen LogP contribution < -0.4 is 4.57 Å². The van der Waals surface area contributed by atoms with Crippen molar-refractivity contribution in [2.24, 2.45) is 0 Å². The Kier molecular flexibility index (Phi) is 3.14. The minimum atomic E-state index is -1.55. The Morgan fingerprint density at radius 1 is 1.47 bits per heavy atom. The second-order valence-electron chi connectivity index (χ2n) is 4.41. The summed E-state index contributed by atoms with van der Waals surface area (Å²) in [6.07, 6.45) is 1.50. The molecule has 4 nitrogen and oxygen atoms in total. The van der Waals surface area contributed by atoms with Gasteiger partial charge in [0.15, 0.2) is 5.69 Å². The first-order valence-corrected chi connectivity index (χ1v) is 8.21.